The van der Waals surface area contributed by atoms with E-state index in [4.69, 9.17) is 0 Å². The number of carbonyl (C=O) groups excluding carboxylic acids is 3. The Morgan fingerprint density at radius 1 is 0.800 bits per heavy atom. The molecule has 3 aliphatic heterocycles. The van der Waals surface area contributed by atoms with Crippen LogP contribution >= 0.6 is 0 Å². The first kappa shape index (κ1) is 20.8. The first-order valence-electron chi connectivity index (χ1n) is 11.0. The Morgan fingerprint density at radius 2 is 1.40 bits per heavy atom. The first-order valence-corrected chi connectivity index (χ1v) is 11.0. The summed E-state index contributed by atoms with van der Waals surface area (Å²) in [5.41, 5.74) is 1.43. The Hall–Kier alpha value is -2.45. The van der Waals surface area contributed by atoms with Gasteiger partial charge >= 0.3 is 0 Å². The minimum Gasteiger partial charge on any atom is -0.342 e. The van der Waals surface area contributed by atoms with E-state index in [1.807, 2.05) is 29.2 Å². The molecule has 1 N–H and O–H groups in total. The van der Waals surface area contributed by atoms with Crippen molar-refractivity contribution >= 4 is 29.1 Å². The Bertz CT molecular complexity index is 783. The minimum atomic E-state index is -0.168. The molecule has 0 aliphatic carbocycles. The Morgan fingerprint density at radius 3 is 2.07 bits per heavy atom. The third-order valence-electron chi connectivity index (χ3n) is 6.21. The van der Waals surface area contributed by atoms with Crippen LogP contribution < -0.4 is 10.2 Å². The fourth-order valence-corrected chi connectivity index (χ4v) is 4.45. The molecule has 8 heteroatoms. The normalized spacial score (nSPS) is 21.0. The van der Waals surface area contributed by atoms with Crippen molar-refractivity contribution in [3.63, 3.8) is 0 Å². The molecule has 0 radical (unpaired) electrons. The van der Waals surface area contributed by atoms with Crippen molar-refractivity contribution in [1.29, 1.82) is 0 Å². The van der Waals surface area contributed by atoms with E-state index in [1.54, 1.807) is 4.90 Å². The van der Waals surface area contributed by atoms with E-state index >= 15 is 0 Å². The third kappa shape index (κ3) is 4.99. The van der Waals surface area contributed by atoms with Crippen molar-refractivity contribution in [2.24, 2.45) is 0 Å². The second-order valence-corrected chi connectivity index (χ2v) is 8.39. The molecule has 0 unspecified atom stereocenters. The molecule has 4 rings (SSSR count). The van der Waals surface area contributed by atoms with Gasteiger partial charge in [-0.1, -0.05) is 25.0 Å². The second kappa shape index (κ2) is 9.57. The van der Waals surface area contributed by atoms with Crippen molar-refractivity contribution < 1.29 is 14.4 Å². The molecule has 0 aromatic heterocycles. The molecule has 162 valence electrons. The summed E-state index contributed by atoms with van der Waals surface area (Å²) < 4.78 is 0. The summed E-state index contributed by atoms with van der Waals surface area (Å²) in [6.07, 6.45) is 4.66. The van der Waals surface area contributed by atoms with Gasteiger partial charge in [0.05, 0.1) is 24.5 Å². The maximum Gasteiger partial charge on any atom is 0.244 e. The number of rotatable bonds is 4. The molecule has 0 atom stereocenters. The van der Waals surface area contributed by atoms with Crippen molar-refractivity contribution in [2.45, 2.75) is 25.7 Å². The molecule has 0 spiro atoms. The van der Waals surface area contributed by atoms with Crippen LogP contribution in [0, 0.1) is 0 Å². The van der Waals surface area contributed by atoms with Gasteiger partial charge in [0.2, 0.25) is 17.7 Å². The largest absolute Gasteiger partial charge is 0.342 e. The number of amides is 3. The van der Waals surface area contributed by atoms with E-state index in [-0.39, 0.29) is 30.8 Å². The molecule has 1 aromatic carbocycles. The summed E-state index contributed by atoms with van der Waals surface area (Å²) in [6, 6.07) is 7.39. The number of hydrogen-bond acceptors (Lipinski definition) is 5. The number of fused-ring (bicyclic) bond motifs is 1. The first-order chi connectivity index (χ1) is 14.6. The predicted octanol–water partition coefficient (Wildman–Crippen LogP) is 0.992. The fourth-order valence-electron chi connectivity index (χ4n) is 4.45. The zero-order valence-corrected chi connectivity index (χ0v) is 17.5. The van der Waals surface area contributed by atoms with E-state index in [2.05, 4.69) is 15.1 Å². The maximum atomic E-state index is 12.9. The number of anilines is 2. The average Bonchev–Trinajstić information content (AvgIpc) is 3.04. The number of nitrogens with one attached hydrogen (secondary N) is 1. The lowest BCUT2D eigenvalue weighted by Gasteiger charge is -2.36. The average molecular weight is 414 g/mol. The highest BCUT2D eigenvalue weighted by Gasteiger charge is 2.29. The zero-order chi connectivity index (χ0) is 20.9. The second-order valence-electron chi connectivity index (χ2n) is 8.39. The molecule has 3 aliphatic rings. The summed E-state index contributed by atoms with van der Waals surface area (Å²) >= 11 is 0. The van der Waals surface area contributed by atoms with Gasteiger partial charge in [-0.15, -0.1) is 0 Å². The van der Waals surface area contributed by atoms with Gasteiger partial charge in [0.1, 0.15) is 6.54 Å². The van der Waals surface area contributed by atoms with Gasteiger partial charge < -0.3 is 10.2 Å². The number of benzene rings is 1. The van der Waals surface area contributed by atoms with Gasteiger partial charge in [0.15, 0.2) is 0 Å². The number of nitrogens with zero attached hydrogens (tertiary/aromatic N) is 4. The lowest BCUT2D eigenvalue weighted by atomic mass is 10.2. The molecule has 1 aromatic rings. The molecule has 3 amide bonds. The van der Waals surface area contributed by atoms with Crippen LogP contribution in [0.15, 0.2) is 24.3 Å². The molecular formula is C22H31N5O3. The van der Waals surface area contributed by atoms with Crippen molar-refractivity contribution in [3.05, 3.63) is 24.3 Å². The van der Waals surface area contributed by atoms with Crippen LogP contribution in [0.25, 0.3) is 0 Å². The molecule has 0 bridgehead atoms. The van der Waals surface area contributed by atoms with Crippen LogP contribution in [0.3, 0.4) is 0 Å². The van der Waals surface area contributed by atoms with Crippen molar-refractivity contribution in [3.8, 4) is 0 Å². The van der Waals surface area contributed by atoms with E-state index < -0.39 is 0 Å². The van der Waals surface area contributed by atoms with Crippen molar-refractivity contribution in [2.75, 3.05) is 69.1 Å². The van der Waals surface area contributed by atoms with Gasteiger partial charge in [-0.2, -0.15) is 0 Å². The Kier molecular flexibility index (Phi) is 6.64. The maximum absolute atomic E-state index is 12.9. The monoisotopic (exact) mass is 413 g/mol. The van der Waals surface area contributed by atoms with Crippen LogP contribution in [-0.2, 0) is 14.4 Å². The third-order valence-corrected chi connectivity index (χ3v) is 6.21. The molecule has 30 heavy (non-hydrogen) atoms. The summed E-state index contributed by atoms with van der Waals surface area (Å²) in [6.45, 7) is 5.66. The van der Waals surface area contributed by atoms with Crippen LogP contribution in [0.2, 0.25) is 0 Å². The number of likely N-dealkylation sites (tertiary alicyclic amines) is 1. The topological polar surface area (TPSA) is 76.2 Å². The molecule has 3 heterocycles. The van der Waals surface area contributed by atoms with Crippen LogP contribution in [-0.4, -0.2) is 91.3 Å². The van der Waals surface area contributed by atoms with E-state index in [0.717, 1.165) is 57.8 Å². The van der Waals surface area contributed by atoms with Gasteiger partial charge in [-0.3, -0.25) is 29.1 Å². The van der Waals surface area contributed by atoms with Crippen LogP contribution in [0.4, 0.5) is 11.4 Å². The van der Waals surface area contributed by atoms with Gasteiger partial charge in [-0.25, -0.2) is 0 Å². The van der Waals surface area contributed by atoms with Gasteiger partial charge in [0, 0.05) is 39.3 Å². The quantitative estimate of drug-likeness (QED) is 0.797. The van der Waals surface area contributed by atoms with Crippen LogP contribution in [0.5, 0.6) is 0 Å². The number of para-hydroxylation sites is 2. The highest BCUT2D eigenvalue weighted by Crippen LogP contribution is 2.29. The lowest BCUT2D eigenvalue weighted by molar-refractivity contribution is -0.133. The summed E-state index contributed by atoms with van der Waals surface area (Å²) in [5.74, 6) is 0.00245. The summed E-state index contributed by atoms with van der Waals surface area (Å²) in [4.78, 5) is 45.4. The Balaban J connectivity index is 1.26. The molecular weight excluding hydrogens is 382 g/mol. The van der Waals surface area contributed by atoms with Crippen molar-refractivity contribution in [1.82, 2.24) is 14.7 Å². The lowest BCUT2D eigenvalue weighted by Crippen LogP contribution is -2.53. The minimum absolute atomic E-state index is 0.0557. The number of carbonyl (C=O) groups is 3. The summed E-state index contributed by atoms with van der Waals surface area (Å²) in [5, 5.41) is 2.81. The van der Waals surface area contributed by atoms with E-state index in [0.29, 0.717) is 12.2 Å². The smallest absolute Gasteiger partial charge is 0.244 e. The predicted molar refractivity (Wildman–Crippen MR) is 115 cm³/mol. The van der Waals surface area contributed by atoms with Gasteiger partial charge in [-0.05, 0) is 25.0 Å². The van der Waals surface area contributed by atoms with E-state index in [9.17, 15) is 14.4 Å². The molecule has 2 saturated heterocycles. The van der Waals surface area contributed by atoms with Gasteiger partial charge in [0.25, 0.3) is 0 Å². The standard InChI is InChI=1S/C22H31N5O3/c28-20-15-27(19-8-4-3-7-18(19)23-20)22(30)17-25-13-11-24(12-14-25)16-21(29)26-9-5-1-2-6-10-26/h3-4,7-8H,1-2,5-6,9-17H2,(H,23,28). The van der Waals surface area contributed by atoms with E-state index in [1.165, 1.54) is 12.8 Å². The fraction of sp³-hybridized carbons (Fsp3) is 0.591. The highest BCUT2D eigenvalue weighted by atomic mass is 16.2. The van der Waals surface area contributed by atoms with Crippen LogP contribution in [0.1, 0.15) is 25.7 Å². The molecule has 8 nitrogen and oxygen atoms in total. The number of piperazine rings is 1. The summed E-state index contributed by atoms with van der Waals surface area (Å²) in [7, 11) is 0. The number of hydrogen-bond donors (Lipinski definition) is 1. The highest BCUT2D eigenvalue weighted by molar-refractivity contribution is 6.10. The zero-order valence-electron chi connectivity index (χ0n) is 17.5. The Labute approximate surface area is 177 Å². The molecule has 0 saturated carbocycles. The SMILES string of the molecule is O=C1CN(C(=O)CN2CCN(CC(=O)N3CCCCCC3)CC2)c2ccccc2N1. The molecule has 2 fully saturated rings.